The third-order valence-corrected chi connectivity index (χ3v) is 3.18. The van der Waals surface area contributed by atoms with Crippen LogP contribution in [0.25, 0.3) is 0 Å². The first-order chi connectivity index (χ1) is 9.40. The summed E-state index contributed by atoms with van der Waals surface area (Å²) in [5.74, 6) is -1.88. The van der Waals surface area contributed by atoms with Crippen LogP contribution < -0.4 is 0 Å². The zero-order valence-electron chi connectivity index (χ0n) is 11.3. The number of carbonyl (C=O) groups excluding carboxylic acids is 1. The van der Waals surface area contributed by atoms with Gasteiger partial charge in [-0.05, 0) is 31.9 Å². The topological polar surface area (TPSA) is 83.8 Å². The minimum Gasteiger partial charge on any atom is -0.507 e. The van der Waals surface area contributed by atoms with Crippen LogP contribution in [0.2, 0.25) is 0 Å². The Morgan fingerprint density at radius 2 is 2.10 bits per heavy atom. The van der Waals surface area contributed by atoms with E-state index in [2.05, 4.69) is 0 Å². The van der Waals surface area contributed by atoms with E-state index in [-0.39, 0.29) is 17.7 Å². The summed E-state index contributed by atoms with van der Waals surface area (Å²) in [6, 6.07) is 3.14. The highest BCUT2D eigenvalue weighted by Crippen LogP contribution is 2.40. The summed E-state index contributed by atoms with van der Waals surface area (Å²) >= 11 is 0. The Balaban J connectivity index is 2.48. The number of aromatic hydroxyl groups is 1. The molecule has 0 unspecified atom stereocenters. The number of carbonyl (C=O) groups is 2. The molecule has 5 nitrogen and oxygen atoms in total. The van der Waals surface area contributed by atoms with Crippen molar-refractivity contribution >= 4 is 11.9 Å². The fraction of sp³-hybridized carbons (Fsp3) is 0.333. The van der Waals surface area contributed by atoms with Crippen molar-refractivity contribution in [1.82, 2.24) is 0 Å². The number of phenols is 1. The van der Waals surface area contributed by atoms with Crippen LogP contribution in [0.15, 0.2) is 23.8 Å². The van der Waals surface area contributed by atoms with Gasteiger partial charge in [-0.15, -0.1) is 0 Å². The van der Waals surface area contributed by atoms with E-state index in [1.165, 1.54) is 6.07 Å². The quantitative estimate of drug-likeness (QED) is 0.652. The van der Waals surface area contributed by atoms with Crippen LogP contribution in [0.1, 0.15) is 47.9 Å². The standard InChI is InChI=1S/C15H16O5/c1-8(2)3-4-9-5-6-10(16)14-13(9)11(7-12(17)18)20-15(14)19/h3,5-6,11,16H,4,7H2,1-2H3,(H,17,18)/t11-/m0/s1. The average molecular weight is 276 g/mol. The monoisotopic (exact) mass is 276 g/mol. The number of allylic oxidation sites excluding steroid dienone is 2. The van der Waals surface area contributed by atoms with E-state index in [1.54, 1.807) is 6.07 Å². The van der Waals surface area contributed by atoms with Crippen molar-refractivity contribution in [3.63, 3.8) is 0 Å². The molecule has 0 spiro atoms. The molecule has 0 saturated carbocycles. The summed E-state index contributed by atoms with van der Waals surface area (Å²) < 4.78 is 5.07. The molecule has 0 bridgehead atoms. The van der Waals surface area contributed by atoms with Gasteiger partial charge in [0.05, 0.1) is 6.42 Å². The molecule has 1 aromatic carbocycles. The fourth-order valence-corrected chi connectivity index (χ4v) is 2.27. The number of aliphatic carboxylic acids is 1. The van der Waals surface area contributed by atoms with Crippen LogP contribution in [0.3, 0.4) is 0 Å². The Morgan fingerprint density at radius 3 is 2.70 bits per heavy atom. The van der Waals surface area contributed by atoms with Gasteiger partial charge in [-0.2, -0.15) is 0 Å². The zero-order valence-corrected chi connectivity index (χ0v) is 11.3. The minimum atomic E-state index is -1.05. The highest BCUT2D eigenvalue weighted by atomic mass is 16.6. The Labute approximate surface area is 116 Å². The molecule has 1 heterocycles. The Kier molecular flexibility index (Phi) is 3.79. The number of phenolic OH excluding ortho intramolecular Hbond substituents is 1. The summed E-state index contributed by atoms with van der Waals surface area (Å²) in [5, 5.41) is 18.7. The summed E-state index contributed by atoms with van der Waals surface area (Å²) in [6.45, 7) is 3.91. The van der Waals surface area contributed by atoms with E-state index in [0.717, 1.165) is 11.1 Å². The molecule has 0 radical (unpaired) electrons. The third-order valence-electron chi connectivity index (χ3n) is 3.18. The first-order valence-electron chi connectivity index (χ1n) is 6.31. The lowest BCUT2D eigenvalue weighted by atomic mass is 9.94. The van der Waals surface area contributed by atoms with Gasteiger partial charge in [-0.25, -0.2) is 4.79 Å². The van der Waals surface area contributed by atoms with Crippen molar-refractivity contribution in [3.05, 3.63) is 40.5 Å². The van der Waals surface area contributed by atoms with E-state index in [9.17, 15) is 14.7 Å². The van der Waals surface area contributed by atoms with Gasteiger partial charge in [0, 0.05) is 5.56 Å². The molecular formula is C15H16O5. The summed E-state index contributed by atoms with van der Waals surface area (Å²) in [5.41, 5.74) is 2.51. The van der Waals surface area contributed by atoms with Crippen molar-refractivity contribution in [2.24, 2.45) is 0 Å². The number of fused-ring (bicyclic) bond motifs is 1. The first-order valence-corrected chi connectivity index (χ1v) is 6.31. The van der Waals surface area contributed by atoms with Crippen molar-refractivity contribution in [2.75, 3.05) is 0 Å². The number of esters is 1. The summed E-state index contributed by atoms with van der Waals surface area (Å²) in [7, 11) is 0. The molecule has 5 heteroatoms. The molecule has 1 aliphatic heterocycles. The second-order valence-electron chi connectivity index (χ2n) is 5.01. The van der Waals surface area contributed by atoms with Crippen LogP contribution in [-0.2, 0) is 16.0 Å². The number of carboxylic acid groups (broad SMARTS) is 1. The molecular weight excluding hydrogens is 260 g/mol. The van der Waals surface area contributed by atoms with Crippen molar-refractivity contribution < 1.29 is 24.5 Å². The highest BCUT2D eigenvalue weighted by molar-refractivity contribution is 5.97. The van der Waals surface area contributed by atoms with Gasteiger partial charge in [0.2, 0.25) is 0 Å². The van der Waals surface area contributed by atoms with E-state index in [1.807, 2.05) is 19.9 Å². The fourth-order valence-electron chi connectivity index (χ4n) is 2.27. The van der Waals surface area contributed by atoms with E-state index < -0.39 is 18.0 Å². The lowest BCUT2D eigenvalue weighted by molar-refractivity contribution is -0.139. The molecule has 0 amide bonds. The second-order valence-corrected chi connectivity index (χ2v) is 5.01. The van der Waals surface area contributed by atoms with Crippen LogP contribution in [-0.4, -0.2) is 22.2 Å². The SMILES string of the molecule is CC(C)=CCc1ccc(O)c2c1[C@H](CC(=O)O)OC2=O. The zero-order chi connectivity index (χ0) is 14.9. The van der Waals surface area contributed by atoms with Gasteiger partial charge in [-0.3, -0.25) is 4.79 Å². The van der Waals surface area contributed by atoms with Crippen molar-refractivity contribution in [3.8, 4) is 5.75 Å². The predicted molar refractivity (Wildman–Crippen MR) is 71.7 cm³/mol. The molecule has 2 N–H and O–H groups in total. The normalized spacial score (nSPS) is 16.5. The predicted octanol–water partition coefficient (Wildman–Crippen LogP) is 2.59. The Morgan fingerprint density at radius 1 is 1.40 bits per heavy atom. The van der Waals surface area contributed by atoms with Gasteiger partial charge in [0.25, 0.3) is 0 Å². The van der Waals surface area contributed by atoms with E-state index in [4.69, 9.17) is 9.84 Å². The van der Waals surface area contributed by atoms with Gasteiger partial charge >= 0.3 is 11.9 Å². The number of hydrogen-bond acceptors (Lipinski definition) is 4. The molecule has 106 valence electrons. The van der Waals surface area contributed by atoms with Crippen LogP contribution in [0, 0.1) is 0 Å². The number of ether oxygens (including phenoxy) is 1. The molecule has 20 heavy (non-hydrogen) atoms. The summed E-state index contributed by atoms with van der Waals surface area (Å²) in [6.07, 6.45) is 1.41. The maximum Gasteiger partial charge on any atom is 0.342 e. The minimum absolute atomic E-state index is 0.0934. The highest BCUT2D eigenvalue weighted by Gasteiger charge is 2.36. The number of carboxylic acids is 1. The first kappa shape index (κ1) is 14.1. The average Bonchev–Trinajstić information content (AvgIpc) is 2.66. The molecule has 0 saturated heterocycles. The number of benzene rings is 1. The Bertz CT molecular complexity index is 597. The number of rotatable bonds is 4. The molecule has 0 fully saturated rings. The lowest BCUT2D eigenvalue weighted by Crippen LogP contribution is -2.07. The van der Waals surface area contributed by atoms with Crippen molar-refractivity contribution in [2.45, 2.75) is 32.8 Å². The van der Waals surface area contributed by atoms with Crippen LogP contribution >= 0.6 is 0 Å². The third kappa shape index (κ3) is 2.66. The number of cyclic esters (lactones) is 1. The van der Waals surface area contributed by atoms with E-state index in [0.29, 0.717) is 12.0 Å². The van der Waals surface area contributed by atoms with Crippen molar-refractivity contribution in [1.29, 1.82) is 0 Å². The van der Waals surface area contributed by atoms with Gasteiger partial charge in [0.1, 0.15) is 17.4 Å². The smallest absolute Gasteiger partial charge is 0.342 e. The molecule has 2 rings (SSSR count). The summed E-state index contributed by atoms with van der Waals surface area (Å²) in [4.78, 5) is 22.6. The number of hydrogen-bond donors (Lipinski definition) is 2. The van der Waals surface area contributed by atoms with Gasteiger partial charge in [-0.1, -0.05) is 17.7 Å². The largest absolute Gasteiger partial charge is 0.507 e. The molecule has 1 aromatic rings. The molecule has 1 aliphatic rings. The molecule has 1 atom stereocenters. The maximum absolute atomic E-state index is 11.8. The lowest BCUT2D eigenvalue weighted by Gasteiger charge is -2.12. The maximum atomic E-state index is 11.8. The van der Waals surface area contributed by atoms with E-state index >= 15 is 0 Å². The second kappa shape index (κ2) is 5.36. The Hall–Kier alpha value is -2.30. The van der Waals surface area contributed by atoms with Crippen LogP contribution in [0.4, 0.5) is 0 Å². The molecule has 0 aromatic heterocycles. The molecule has 0 aliphatic carbocycles. The van der Waals surface area contributed by atoms with Gasteiger partial charge in [0.15, 0.2) is 0 Å². The van der Waals surface area contributed by atoms with Gasteiger partial charge < -0.3 is 14.9 Å². The van der Waals surface area contributed by atoms with Crippen LogP contribution in [0.5, 0.6) is 5.75 Å².